The van der Waals surface area contributed by atoms with Crippen LogP contribution in [0, 0.1) is 57.2 Å². The van der Waals surface area contributed by atoms with Gasteiger partial charge in [0, 0.05) is 6.61 Å². The second-order valence-electron chi connectivity index (χ2n) is 12.0. The molecule has 0 amide bonds. The molecule has 0 aliphatic heterocycles. The fourth-order valence-corrected chi connectivity index (χ4v) is 9.63. The van der Waals surface area contributed by atoms with E-state index in [0.29, 0.717) is 35.2 Å². The number of hydrogen-bond acceptors (Lipinski definition) is 3. The lowest BCUT2D eigenvalue weighted by atomic mass is 9.38. The number of hydrogen-bond donors (Lipinski definition) is 1. The molecule has 0 aromatic rings. The van der Waals surface area contributed by atoms with Crippen molar-refractivity contribution in [3.63, 3.8) is 0 Å². The molecule has 4 rings (SSSR count). The minimum absolute atomic E-state index is 0.0483. The van der Waals surface area contributed by atoms with Crippen LogP contribution in [0.4, 0.5) is 0 Å². The summed E-state index contributed by atoms with van der Waals surface area (Å²) in [7, 11) is 0. The molecule has 0 spiro atoms. The third-order valence-electron chi connectivity index (χ3n) is 11.1. The molecule has 4 fully saturated rings. The van der Waals surface area contributed by atoms with Crippen LogP contribution in [0.15, 0.2) is 5.18 Å². The second-order valence-corrected chi connectivity index (χ2v) is 12.0. The fraction of sp³-hybridized carbons (Fsp3) is 1.00. The van der Waals surface area contributed by atoms with Gasteiger partial charge < -0.3 is 5.11 Å². The fourth-order valence-electron chi connectivity index (χ4n) is 9.63. The highest BCUT2D eigenvalue weighted by Crippen LogP contribution is 2.69. The predicted molar refractivity (Wildman–Crippen MR) is 119 cm³/mol. The van der Waals surface area contributed by atoms with Crippen molar-refractivity contribution in [3.8, 4) is 0 Å². The van der Waals surface area contributed by atoms with Crippen LogP contribution in [0.5, 0.6) is 0 Å². The summed E-state index contributed by atoms with van der Waals surface area (Å²) in [4.78, 5) is 11.4. The van der Waals surface area contributed by atoms with Crippen LogP contribution in [-0.2, 0) is 0 Å². The Morgan fingerprint density at radius 3 is 2.38 bits per heavy atom. The third kappa shape index (κ3) is 3.33. The van der Waals surface area contributed by atoms with Crippen LogP contribution in [0.25, 0.3) is 0 Å². The SMILES string of the molecule is CCCCC1C(CO)CCC2C1CCC1C3(C)CCC(N=O)C(C)C3CCC21C. The summed E-state index contributed by atoms with van der Waals surface area (Å²) < 4.78 is 0. The molecule has 166 valence electrons. The zero-order chi connectivity index (χ0) is 20.8. The van der Waals surface area contributed by atoms with Gasteiger partial charge in [-0.05, 0) is 110 Å². The molecule has 10 atom stereocenters. The minimum Gasteiger partial charge on any atom is -0.396 e. The molecule has 3 heteroatoms. The molecule has 3 nitrogen and oxygen atoms in total. The predicted octanol–water partition coefficient (Wildman–Crippen LogP) is 6.83. The van der Waals surface area contributed by atoms with Crippen molar-refractivity contribution in [2.24, 2.45) is 57.4 Å². The standard InChI is InChI=1S/C26H45NO2/c1-5-6-7-19-18(16-28)8-10-22-20(19)9-11-24-25(3)15-13-23(27-29)17(2)21(25)12-14-26(22,24)4/h17-24,28H,5-16H2,1-4H3. The van der Waals surface area contributed by atoms with Gasteiger partial charge in [-0.2, -0.15) is 4.91 Å². The van der Waals surface area contributed by atoms with Gasteiger partial charge in [-0.1, -0.05) is 45.7 Å². The molecule has 0 heterocycles. The highest BCUT2D eigenvalue weighted by atomic mass is 16.3. The van der Waals surface area contributed by atoms with E-state index in [1.165, 1.54) is 64.2 Å². The van der Waals surface area contributed by atoms with Gasteiger partial charge in [-0.15, -0.1) is 0 Å². The molecule has 4 aliphatic rings. The van der Waals surface area contributed by atoms with E-state index in [0.717, 1.165) is 30.1 Å². The minimum atomic E-state index is 0.0483. The number of aliphatic hydroxyl groups excluding tert-OH is 1. The van der Waals surface area contributed by atoms with Crippen LogP contribution < -0.4 is 0 Å². The van der Waals surface area contributed by atoms with E-state index in [4.69, 9.17) is 0 Å². The Balaban J connectivity index is 1.60. The van der Waals surface area contributed by atoms with Gasteiger partial charge in [0.15, 0.2) is 0 Å². The van der Waals surface area contributed by atoms with Crippen molar-refractivity contribution in [2.45, 2.75) is 104 Å². The maximum Gasteiger partial charge on any atom is 0.0948 e. The maximum absolute atomic E-state index is 11.4. The first-order chi connectivity index (χ1) is 13.9. The highest BCUT2D eigenvalue weighted by molar-refractivity contribution is 5.12. The average Bonchev–Trinajstić information content (AvgIpc) is 2.71. The molecule has 4 aliphatic carbocycles. The van der Waals surface area contributed by atoms with E-state index < -0.39 is 0 Å². The van der Waals surface area contributed by atoms with E-state index >= 15 is 0 Å². The summed E-state index contributed by atoms with van der Waals surface area (Å²) in [6.45, 7) is 10.3. The molecule has 1 N–H and O–H groups in total. The lowest BCUT2D eigenvalue weighted by molar-refractivity contribution is -0.180. The molecule has 4 saturated carbocycles. The monoisotopic (exact) mass is 403 g/mol. The lowest BCUT2D eigenvalue weighted by Crippen LogP contribution is -2.60. The smallest absolute Gasteiger partial charge is 0.0948 e. The van der Waals surface area contributed by atoms with Crippen LogP contribution in [0.3, 0.4) is 0 Å². The zero-order valence-corrected chi connectivity index (χ0v) is 19.4. The normalized spacial score (nSPS) is 52.2. The number of unbranched alkanes of at least 4 members (excludes halogenated alkanes) is 1. The number of nitrogens with zero attached hydrogens (tertiary/aromatic N) is 1. The van der Waals surface area contributed by atoms with Gasteiger partial charge in [-0.3, -0.25) is 0 Å². The van der Waals surface area contributed by atoms with E-state index in [2.05, 4.69) is 32.9 Å². The van der Waals surface area contributed by atoms with E-state index in [1.54, 1.807) is 0 Å². The molecule has 10 unspecified atom stereocenters. The number of fused-ring (bicyclic) bond motifs is 5. The summed E-state index contributed by atoms with van der Waals surface area (Å²) in [5, 5.41) is 13.6. The molecule has 0 aromatic carbocycles. The summed E-state index contributed by atoms with van der Waals surface area (Å²) in [6.07, 6.45) is 14.1. The summed E-state index contributed by atoms with van der Waals surface area (Å²) in [5.41, 5.74) is 0.853. The van der Waals surface area contributed by atoms with E-state index in [9.17, 15) is 10.0 Å². The third-order valence-corrected chi connectivity index (χ3v) is 11.1. The molecule has 29 heavy (non-hydrogen) atoms. The van der Waals surface area contributed by atoms with Crippen molar-refractivity contribution >= 4 is 0 Å². The average molecular weight is 404 g/mol. The number of rotatable bonds is 5. The molecule has 0 bridgehead atoms. The first-order valence-electron chi connectivity index (χ1n) is 12.8. The Kier molecular flexibility index (Phi) is 6.19. The topological polar surface area (TPSA) is 49.7 Å². The maximum atomic E-state index is 11.4. The van der Waals surface area contributed by atoms with Gasteiger partial charge in [0.05, 0.1) is 6.04 Å². The quantitative estimate of drug-likeness (QED) is 0.512. The van der Waals surface area contributed by atoms with Crippen LogP contribution in [-0.4, -0.2) is 17.8 Å². The Morgan fingerprint density at radius 2 is 1.69 bits per heavy atom. The Bertz CT molecular complexity index is 593. The Labute approximate surface area is 178 Å². The molecule has 0 aromatic heterocycles. The Morgan fingerprint density at radius 1 is 0.966 bits per heavy atom. The van der Waals surface area contributed by atoms with Gasteiger partial charge in [0.1, 0.15) is 0 Å². The molecule has 0 saturated heterocycles. The second kappa shape index (κ2) is 8.24. The highest BCUT2D eigenvalue weighted by Gasteiger charge is 2.62. The van der Waals surface area contributed by atoms with Crippen LogP contribution in [0.1, 0.15) is 98.3 Å². The van der Waals surface area contributed by atoms with Crippen molar-refractivity contribution in [1.29, 1.82) is 0 Å². The first kappa shape index (κ1) is 21.8. The summed E-state index contributed by atoms with van der Waals surface area (Å²) >= 11 is 0. The summed E-state index contributed by atoms with van der Waals surface area (Å²) in [6, 6.07) is 0.0483. The van der Waals surface area contributed by atoms with Gasteiger partial charge >= 0.3 is 0 Å². The first-order valence-corrected chi connectivity index (χ1v) is 12.8. The number of aliphatic hydroxyl groups is 1. The van der Waals surface area contributed by atoms with Gasteiger partial charge in [0.25, 0.3) is 0 Å². The van der Waals surface area contributed by atoms with Crippen molar-refractivity contribution < 1.29 is 5.11 Å². The van der Waals surface area contributed by atoms with Crippen molar-refractivity contribution in [1.82, 2.24) is 0 Å². The van der Waals surface area contributed by atoms with Crippen molar-refractivity contribution in [3.05, 3.63) is 4.91 Å². The lowest BCUT2D eigenvalue weighted by Gasteiger charge is -2.67. The van der Waals surface area contributed by atoms with Crippen LogP contribution >= 0.6 is 0 Å². The van der Waals surface area contributed by atoms with Gasteiger partial charge in [0.2, 0.25) is 0 Å². The largest absolute Gasteiger partial charge is 0.396 e. The molecular formula is C26H45NO2. The summed E-state index contributed by atoms with van der Waals surface area (Å²) in [5.74, 6) is 4.91. The van der Waals surface area contributed by atoms with Gasteiger partial charge in [-0.25, -0.2) is 0 Å². The molecule has 0 radical (unpaired) electrons. The zero-order valence-electron chi connectivity index (χ0n) is 19.4. The van der Waals surface area contributed by atoms with E-state index in [-0.39, 0.29) is 6.04 Å². The van der Waals surface area contributed by atoms with Crippen LogP contribution in [0.2, 0.25) is 0 Å². The number of nitroso groups, excluding NO2 is 1. The molecular weight excluding hydrogens is 358 g/mol. The Hall–Kier alpha value is -0.440. The van der Waals surface area contributed by atoms with E-state index in [1.807, 2.05) is 0 Å². The van der Waals surface area contributed by atoms with Crippen molar-refractivity contribution in [2.75, 3.05) is 6.61 Å².